The third-order valence-corrected chi connectivity index (χ3v) is 6.29. The summed E-state index contributed by atoms with van der Waals surface area (Å²) < 4.78 is 13.7. The van der Waals surface area contributed by atoms with Gasteiger partial charge in [-0.25, -0.2) is 14.4 Å². The van der Waals surface area contributed by atoms with Gasteiger partial charge in [-0.2, -0.15) is 0 Å². The first-order chi connectivity index (χ1) is 16.2. The molecule has 7 nitrogen and oxygen atoms in total. The average molecular weight is 446 g/mol. The third-order valence-electron chi connectivity index (χ3n) is 6.29. The molecule has 1 atom stereocenters. The smallest absolute Gasteiger partial charge is 0.130 e. The molecule has 2 fully saturated rings. The number of H-pyrrole nitrogens is 1. The van der Waals surface area contributed by atoms with E-state index in [1.807, 2.05) is 29.3 Å². The van der Waals surface area contributed by atoms with Crippen LogP contribution in [0.25, 0.3) is 17.3 Å². The van der Waals surface area contributed by atoms with Crippen LogP contribution in [0.1, 0.15) is 30.3 Å². The number of aromatic nitrogens is 3. The third kappa shape index (κ3) is 4.80. The molecule has 3 aromatic rings. The van der Waals surface area contributed by atoms with Gasteiger partial charge in [0, 0.05) is 44.5 Å². The lowest BCUT2D eigenvalue weighted by Crippen LogP contribution is -2.43. The Hall–Kier alpha value is -3.52. The van der Waals surface area contributed by atoms with Crippen LogP contribution in [0.2, 0.25) is 0 Å². The number of nitrogens with one attached hydrogen (secondary N) is 3. The number of anilines is 1. The van der Waals surface area contributed by atoms with Gasteiger partial charge < -0.3 is 20.1 Å². The van der Waals surface area contributed by atoms with Crippen molar-refractivity contribution in [3.05, 3.63) is 72.1 Å². The standard InChI is InChI=1S/C25H28FN7/c26-20-4-1-3-18(15-20)22-5-2-12-33(22)23(27)7-8-24-29-17-21(31-24)19-6-9-25(30-16-19)32-13-10-28-11-14-32/h1,3-4,6-9,15-17,22,27-28H,2,5,10-14H2,(H,29,31)/b8-7-,27-23?. The SMILES string of the molecule is N=C(/C=C\c1ncc(-c2ccc(N3CCNCC3)nc2)[nH]1)N1CCCC1c1cccc(F)c1. The Morgan fingerprint density at radius 1 is 1.09 bits per heavy atom. The van der Waals surface area contributed by atoms with Gasteiger partial charge in [0.2, 0.25) is 0 Å². The molecule has 2 aliphatic heterocycles. The molecule has 0 bridgehead atoms. The second-order valence-electron chi connectivity index (χ2n) is 8.45. The fraction of sp³-hybridized carbons (Fsp3) is 0.320. The number of hydrogen-bond donors (Lipinski definition) is 3. The quantitative estimate of drug-likeness (QED) is 0.410. The average Bonchev–Trinajstić information content (AvgIpc) is 3.53. The highest BCUT2D eigenvalue weighted by molar-refractivity contribution is 5.94. The van der Waals surface area contributed by atoms with Crippen molar-refractivity contribution < 1.29 is 4.39 Å². The molecule has 0 aliphatic carbocycles. The van der Waals surface area contributed by atoms with Crippen LogP contribution in [0.15, 0.2) is 54.9 Å². The van der Waals surface area contributed by atoms with Crippen LogP contribution < -0.4 is 10.2 Å². The van der Waals surface area contributed by atoms with Crippen molar-refractivity contribution >= 4 is 17.7 Å². The van der Waals surface area contributed by atoms with Gasteiger partial charge in [0.15, 0.2) is 0 Å². The summed E-state index contributed by atoms with van der Waals surface area (Å²) >= 11 is 0. The Morgan fingerprint density at radius 2 is 1.97 bits per heavy atom. The van der Waals surface area contributed by atoms with Gasteiger partial charge in [-0.3, -0.25) is 5.41 Å². The highest BCUT2D eigenvalue weighted by Gasteiger charge is 2.27. The first-order valence-electron chi connectivity index (χ1n) is 11.4. The van der Waals surface area contributed by atoms with E-state index in [-0.39, 0.29) is 11.9 Å². The number of rotatable bonds is 5. The van der Waals surface area contributed by atoms with Crippen molar-refractivity contribution in [2.75, 3.05) is 37.6 Å². The molecule has 2 saturated heterocycles. The summed E-state index contributed by atoms with van der Waals surface area (Å²) in [5.74, 6) is 1.84. The second-order valence-corrected chi connectivity index (χ2v) is 8.45. The van der Waals surface area contributed by atoms with Crippen molar-refractivity contribution in [2.24, 2.45) is 0 Å². The topological polar surface area (TPSA) is 83.9 Å². The van der Waals surface area contributed by atoms with Crippen molar-refractivity contribution in [1.29, 1.82) is 5.41 Å². The van der Waals surface area contributed by atoms with Crippen molar-refractivity contribution in [3.63, 3.8) is 0 Å². The fourth-order valence-electron chi connectivity index (χ4n) is 4.56. The maximum atomic E-state index is 13.7. The van der Waals surface area contributed by atoms with E-state index in [0.29, 0.717) is 11.7 Å². The predicted molar refractivity (Wildman–Crippen MR) is 129 cm³/mol. The highest BCUT2D eigenvalue weighted by atomic mass is 19.1. The summed E-state index contributed by atoms with van der Waals surface area (Å²) in [6, 6.07) is 10.8. The summed E-state index contributed by atoms with van der Waals surface area (Å²) in [4.78, 5) is 16.7. The minimum atomic E-state index is -0.236. The maximum absolute atomic E-state index is 13.7. The van der Waals surface area contributed by atoms with Gasteiger partial charge in [0.05, 0.1) is 17.9 Å². The van der Waals surface area contributed by atoms with Gasteiger partial charge in [0.1, 0.15) is 23.3 Å². The molecule has 1 aromatic carbocycles. The van der Waals surface area contributed by atoms with Crippen LogP contribution in [0.4, 0.5) is 10.2 Å². The van der Waals surface area contributed by atoms with Gasteiger partial charge in [-0.05, 0) is 54.8 Å². The number of nitrogens with zero attached hydrogens (tertiary/aromatic N) is 4. The van der Waals surface area contributed by atoms with Crippen molar-refractivity contribution in [3.8, 4) is 11.3 Å². The highest BCUT2D eigenvalue weighted by Crippen LogP contribution is 2.32. The molecule has 5 rings (SSSR count). The molecule has 0 saturated carbocycles. The zero-order valence-electron chi connectivity index (χ0n) is 18.5. The van der Waals surface area contributed by atoms with E-state index in [4.69, 9.17) is 5.41 Å². The van der Waals surface area contributed by atoms with Crippen LogP contribution >= 0.6 is 0 Å². The molecule has 33 heavy (non-hydrogen) atoms. The lowest BCUT2D eigenvalue weighted by Gasteiger charge is -2.28. The lowest BCUT2D eigenvalue weighted by atomic mass is 10.0. The molecule has 170 valence electrons. The number of imidazole rings is 1. The summed E-state index contributed by atoms with van der Waals surface area (Å²) in [5, 5.41) is 11.9. The first kappa shape index (κ1) is 21.3. The van der Waals surface area contributed by atoms with Crippen LogP contribution in [0.3, 0.4) is 0 Å². The van der Waals surface area contributed by atoms with Crippen LogP contribution in [0.5, 0.6) is 0 Å². The molecule has 0 radical (unpaired) electrons. The second kappa shape index (κ2) is 9.54. The monoisotopic (exact) mass is 445 g/mol. The fourth-order valence-corrected chi connectivity index (χ4v) is 4.56. The molecule has 0 spiro atoms. The summed E-state index contributed by atoms with van der Waals surface area (Å²) in [7, 11) is 0. The van der Waals surface area contributed by atoms with Crippen molar-refractivity contribution in [1.82, 2.24) is 25.2 Å². The number of pyridine rings is 1. The zero-order chi connectivity index (χ0) is 22.6. The lowest BCUT2D eigenvalue weighted by molar-refractivity contribution is 0.399. The normalized spacial score (nSPS) is 18.9. The Labute approximate surface area is 192 Å². The van der Waals surface area contributed by atoms with E-state index in [1.165, 1.54) is 6.07 Å². The predicted octanol–water partition coefficient (Wildman–Crippen LogP) is 3.85. The Bertz CT molecular complexity index is 1130. The Balaban J connectivity index is 1.24. The summed E-state index contributed by atoms with van der Waals surface area (Å²) in [6.07, 6.45) is 9.13. The van der Waals surface area contributed by atoms with Crippen LogP contribution in [0, 0.1) is 11.2 Å². The number of hydrogen-bond acceptors (Lipinski definition) is 5. The van der Waals surface area contributed by atoms with Crippen LogP contribution in [-0.2, 0) is 0 Å². The largest absolute Gasteiger partial charge is 0.354 e. The molecule has 3 N–H and O–H groups in total. The number of halogens is 1. The van der Waals surface area contributed by atoms with E-state index < -0.39 is 0 Å². The molecule has 4 heterocycles. The zero-order valence-corrected chi connectivity index (χ0v) is 18.5. The number of likely N-dealkylation sites (tertiary alicyclic amines) is 1. The molecule has 2 aliphatic rings. The number of benzene rings is 1. The van der Waals surface area contributed by atoms with Crippen LogP contribution in [-0.4, -0.2) is 58.4 Å². The Kier molecular flexibility index (Phi) is 6.17. The molecule has 1 unspecified atom stereocenters. The number of aromatic amines is 1. The van der Waals surface area contributed by atoms with Gasteiger partial charge >= 0.3 is 0 Å². The molecular weight excluding hydrogens is 417 g/mol. The van der Waals surface area contributed by atoms with E-state index >= 15 is 0 Å². The molecule has 2 aromatic heterocycles. The van der Waals surface area contributed by atoms with E-state index in [2.05, 4.69) is 31.2 Å². The molecular formula is C25H28FN7. The van der Waals surface area contributed by atoms with E-state index in [1.54, 1.807) is 24.4 Å². The van der Waals surface area contributed by atoms with E-state index in [0.717, 1.165) is 68.2 Å². The number of piperazine rings is 1. The minimum Gasteiger partial charge on any atom is -0.354 e. The molecule has 0 amide bonds. The maximum Gasteiger partial charge on any atom is 0.130 e. The summed E-state index contributed by atoms with van der Waals surface area (Å²) in [6.45, 7) is 4.69. The van der Waals surface area contributed by atoms with Gasteiger partial charge in [-0.1, -0.05) is 12.1 Å². The number of amidine groups is 1. The molecule has 8 heteroatoms. The minimum absolute atomic E-state index is 0.0327. The first-order valence-corrected chi connectivity index (χ1v) is 11.4. The Morgan fingerprint density at radius 3 is 2.76 bits per heavy atom. The summed E-state index contributed by atoms with van der Waals surface area (Å²) in [5.41, 5.74) is 2.78. The van der Waals surface area contributed by atoms with E-state index in [9.17, 15) is 4.39 Å². The van der Waals surface area contributed by atoms with Gasteiger partial charge in [-0.15, -0.1) is 0 Å². The van der Waals surface area contributed by atoms with Crippen molar-refractivity contribution in [2.45, 2.75) is 18.9 Å². The van der Waals surface area contributed by atoms with Gasteiger partial charge in [0.25, 0.3) is 0 Å².